The van der Waals surface area contributed by atoms with Crippen LogP contribution in [0, 0.1) is 17.2 Å². The molecule has 0 rings (SSSR count). The van der Waals surface area contributed by atoms with Gasteiger partial charge >= 0.3 is 0 Å². The van der Waals surface area contributed by atoms with Crippen molar-refractivity contribution in [2.75, 3.05) is 19.2 Å². The zero-order valence-electron chi connectivity index (χ0n) is 9.57. The van der Waals surface area contributed by atoms with Gasteiger partial charge in [0, 0.05) is 5.88 Å². The van der Waals surface area contributed by atoms with E-state index in [4.69, 9.17) is 33.2 Å². The van der Waals surface area contributed by atoms with Gasteiger partial charge in [-0.2, -0.15) is 5.26 Å². The van der Waals surface area contributed by atoms with Crippen molar-refractivity contribution in [3.8, 4) is 6.07 Å². The molecule has 0 aromatic rings. The second kappa shape index (κ2) is 7.63. The molecule has 0 heterocycles. The first kappa shape index (κ1) is 15.4. The molecule has 0 aliphatic heterocycles. The molecule has 0 saturated carbocycles. The van der Waals surface area contributed by atoms with Crippen LogP contribution in [-0.2, 0) is 16.3 Å². The lowest BCUT2D eigenvalue weighted by Gasteiger charge is -2.23. The SMILES string of the molecule is CC(C)COP(C)(=S)C(C#N)CCCCl. The predicted molar refractivity (Wildman–Crippen MR) is 70.4 cm³/mol. The van der Waals surface area contributed by atoms with Gasteiger partial charge in [-0.1, -0.05) is 25.7 Å². The Labute approximate surface area is 103 Å². The van der Waals surface area contributed by atoms with Gasteiger partial charge in [-0.05, 0) is 25.4 Å². The molecule has 0 bridgehead atoms. The first-order valence-corrected chi connectivity index (χ1v) is 8.88. The maximum Gasteiger partial charge on any atom is 0.0974 e. The number of nitrogens with zero attached hydrogens (tertiary/aromatic N) is 1. The first-order valence-electron chi connectivity index (χ1n) is 5.11. The Bertz CT molecular complexity index is 265. The fourth-order valence-electron chi connectivity index (χ4n) is 1.06. The molecule has 2 nitrogen and oxygen atoms in total. The lowest BCUT2D eigenvalue weighted by molar-refractivity contribution is 0.296. The minimum atomic E-state index is -1.97. The highest BCUT2D eigenvalue weighted by Gasteiger charge is 2.24. The zero-order valence-corrected chi connectivity index (χ0v) is 12.0. The van der Waals surface area contributed by atoms with Gasteiger partial charge in [-0.25, -0.2) is 0 Å². The Morgan fingerprint density at radius 2 is 2.13 bits per heavy atom. The van der Waals surface area contributed by atoms with Gasteiger partial charge in [0.25, 0.3) is 0 Å². The molecule has 0 saturated heterocycles. The van der Waals surface area contributed by atoms with E-state index in [9.17, 15) is 0 Å². The van der Waals surface area contributed by atoms with E-state index in [2.05, 4.69) is 19.9 Å². The molecule has 0 fully saturated rings. The number of nitriles is 1. The number of alkyl halides is 1. The Morgan fingerprint density at radius 3 is 2.53 bits per heavy atom. The van der Waals surface area contributed by atoms with Gasteiger partial charge in [-0.15, -0.1) is 11.6 Å². The van der Waals surface area contributed by atoms with Crippen LogP contribution in [0.25, 0.3) is 0 Å². The Kier molecular flexibility index (Phi) is 7.83. The molecule has 0 spiro atoms. The molecule has 2 unspecified atom stereocenters. The summed E-state index contributed by atoms with van der Waals surface area (Å²) in [4.78, 5) is 0. The molecule has 0 N–H and O–H groups in total. The Balaban J connectivity index is 4.26. The van der Waals surface area contributed by atoms with Crippen LogP contribution < -0.4 is 0 Å². The van der Waals surface area contributed by atoms with Gasteiger partial charge in [0.1, 0.15) is 0 Å². The van der Waals surface area contributed by atoms with E-state index in [0.29, 0.717) is 18.4 Å². The van der Waals surface area contributed by atoms with E-state index in [0.717, 1.165) is 12.8 Å². The van der Waals surface area contributed by atoms with Crippen molar-refractivity contribution in [1.29, 1.82) is 5.26 Å². The van der Waals surface area contributed by atoms with E-state index in [-0.39, 0.29) is 5.66 Å². The molecule has 0 aliphatic carbocycles. The van der Waals surface area contributed by atoms with Crippen molar-refractivity contribution in [2.24, 2.45) is 5.92 Å². The van der Waals surface area contributed by atoms with Crippen molar-refractivity contribution >= 4 is 29.7 Å². The summed E-state index contributed by atoms with van der Waals surface area (Å²) < 4.78 is 5.70. The summed E-state index contributed by atoms with van der Waals surface area (Å²) in [6, 6.07) is 2.26. The maximum absolute atomic E-state index is 9.04. The van der Waals surface area contributed by atoms with E-state index >= 15 is 0 Å². The number of hydrogen-bond donors (Lipinski definition) is 0. The smallest absolute Gasteiger partial charge is 0.0974 e. The van der Waals surface area contributed by atoms with E-state index < -0.39 is 6.26 Å². The fraction of sp³-hybridized carbons (Fsp3) is 0.900. The van der Waals surface area contributed by atoms with Gasteiger partial charge in [0.2, 0.25) is 0 Å². The molecule has 5 heteroatoms. The molecule has 0 aromatic carbocycles. The van der Waals surface area contributed by atoms with E-state index in [1.54, 1.807) is 0 Å². The van der Waals surface area contributed by atoms with Crippen LogP contribution in [-0.4, -0.2) is 24.8 Å². The lowest BCUT2D eigenvalue weighted by atomic mass is 10.2. The molecule has 2 atom stereocenters. The van der Waals surface area contributed by atoms with Crippen molar-refractivity contribution < 1.29 is 4.52 Å². The minimum Gasteiger partial charge on any atom is -0.349 e. The monoisotopic (exact) mass is 267 g/mol. The van der Waals surface area contributed by atoms with E-state index in [1.165, 1.54) is 0 Å². The van der Waals surface area contributed by atoms with Gasteiger partial charge in [0.15, 0.2) is 0 Å². The lowest BCUT2D eigenvalue weighted by Crippen LogP contribution is -2.10. The predicted octanol–water partition coefficient (Wildman–Crippen LogP) is 3.59. The summed E-state index contributed by atoms with van der Waals surface area (Å²) in [5.74, 6) is 1.04. The topological polar surface area (TPSA) is 33.0 Å². The van der Waals surface area contributed by atoms with Crippen LogP contribution in [0.4, 0.5) is 0 Å². The van der Waals surface area contributed by atoms with Crippen LogP contribution in [0.5, 0.6) is 0 Å². The fourth-order valence-corrected chi connectivity index (χ4v) is 3.49. The minimum absolute atomic E-state index is 0.148. The van der Waals surface area contributed by atoms with Gasteiger partial charge < -0.3 is 4.52 Å². The number of hydrogen-bond acceptors (Lipinski definition) is 3. The summed E-state index contributed by atoms with van der Waals surface area (Å²) in [6.07, 6.45) is -0.386. The largest absolute Gasteiger partial charge is 0.349 e. The van der Waals surface area contributed by atoms with Crippen molar-refractivity contribution in [1.82, 2.24) is 0 Å². The normalized spacial score (nSPS) is 17.1. The van der Waals surface area contributed by atoms with Crippen molar-refractivity contribution in [2.45, 2.75) is 32.3 Å². The summed E-state index contributed by atoms with van der Waals surface area (Å²) in [5, 5.41) is 9.04. The number of rotatable bonds is 7. The second-order valence-electron chi connectivity index (χ2n) is 4.07. The highest BCUT2D eigenvalue weighted by molar-refractivity contribution is 8.12. The number of halogens is 1. The average Bonchev–Trinajstić information content (AvgIpc) is 2.16. The molecule has 0 aromatic heterocycles. The third-order valence-corrected chi connectivity index (χ3v) is 5.51. The second-order valence-corrected chi connectivity index (χ2v) is 9.33. The standard InChI is InChI=1S/C10H19ClNOPS/c1-9(2)8-13-14(3,15)10(7-12)5-4-6-11/h9-10H,4-6,8H2,1-3H3. The summed E-state index contributed by atoms with van der Waals surface area (Å²) in [5.41, 5.74) is -0.148. The van der Waals surface area contributed by atoms with Gasteiger partial charge in [-0.3, -0.25) is 0 Å². The zero-order chi connectivity index (χ0) is 11.9. The van der Waals surface area contributed by atoms with Crippen molar-refractivity contribution in [3.05, 3.63) is 0 Å². The van der Waals surface area contributed by atoms with Crippen molar-refractivity contribution in [3.63, 3.8) is 0 Å². The molecular formula is C10H19ClNOPS. The molecule has 0 radical (unpaired) electrons. The highest BCUT2D eigenvalue weighted by Crippen LogP contribution is 2.50. The summed E-state index contributed by atoms with van der Waals surface area (Å²) in [7, 11) is 0. The molecule has 0 aliphatic rings. The Hall–Kier alpha value is 0.390. The third kappa shape index (κ3) is 6.53. The van der Waals surface area contributed by atoms with Gasteiger partial charge in [0.05, 0.1) is 24.6 Å². The Morgan fingerprint density at radius 1 is 1.53 bits per heavy atom. The average molecular weight is 268 g/mol. The van der Waals surface area contributed by atoms with Crippen LogP contribution in [0.15, 0.2) is 0 Å². The third-order valence-electron chi connectivity index (χ3n) is 1.99. The van der Waals surface area contributed by atoms with Crippen LogP contribution in [0.3, 0.4) is 0 Å². The van der Waals surface area contributed by atoms with Crippen LogP contribution >= 0.6 is 17.9 Å². The quantitative estimate of drug-likeness (QED) is 0.522. The molecule has 15 heavy (non-hydrogen) atoms. The molecule has 0 amide bonds. The first-order chi connectivity index (χ1) is 6.94. The van der Waals surface area contributed by atoms with E-state index in [1.807, 2.05) is 6.66 Å². The van der Waals surface area contributed by atoms with Crippen LogP contribution in [0.1, 0.15) is 26.7 Å². The maximum atomic E-state index is 9.04. The van der Waals surface area contributed by atoms with Crippen LogP contribution in [0.2, 0.25) is 0 Å². The summed E-state index contributed by atoms with van der Waals surface area (Å²) in [6.45, 7) is 6.71. The molecule has 88 valence electrons. The summed E-state index contributed by atoms with van der Waals surface area (Å²) >= 11 is 11.0. The highest BCUT2D eigenvalue weighted by atomic mass is 35.5. The molecular weight excluding hydrogens is 249 g/mol.